The number of nitrogens with one attached hydrogen (secondary N) is 1. The van der Waals surface area contributed by atoms with Gasteiger partial charge in [-0.1, -0.05) is 29.8 Å². The highest BCUT2D eigenvalue weighted by Gasteiger charge is 2.45. The first-order valence-electron chi connectivity index (χ1n) is 10.4. The predicted octanol–water partition coefficient (Wildman–Crippen LogP) is 6.32. The minimum absolute atomic E-state index is 0.00736. The first-order chi connectivity index (χ1) is 16.8. The number of alkyl halides is 6. The number of carbonyl (C=O) groups excluding carboxylic acids is 2. The molecule has 0 radical (unpaired) electrons. The third kappa shape index (κ3) is 4.75. The molecule has 1 aliphatic heterocycles. The van der Waals surface area contributed by atoms with Gasteiger partial charge in [0.1, 0.15) is 0 Å². The lowest BCUT2D eigenvalue weighted by atomic mass is 9.78. The van der Waals surface area contributed by atoms with Crippen molar-refractivity contribution in [3.8, 4) is 0 Å². The topological polar surface area (TPSA) is 62.3 Å². The van der Waals surface area contributed by atoms with Crippen molar-refractivity contribution in [2.75, 3.05) is 12.4 Å². The normalized spacial score (nSPS) is 18.1. The maximum Gasteiger partial charge on any atom is 0.416 e. The molecule has 1 aromatic heterocycles. The minimum Gasteiger partial charge on any atom is -0.334 e. The number of fused-ring (bicyclic) bond motifs is 1. The van der Waals surface area contributed by atoms with E-state index in [1.165, 1.54) is 49.6 Å². The van der Waals surface area contributed by atoms with E-state index in [1.807, 2.05) is 0 Å². The first kappa shape index (κ1) is 25.5. The van der Waals surface area contributed by atoms with Crippen molar-refractivity contribution in [1.29, 1.82) is 0 Å². The number of nitrogens with zero attached hydrogens (tertiary/aromatic N) is 2. The summed E-state index contributed by atoms with van der Waals surface area (Å²) in [7, 11) is 1.22. The molecule has 0 saturated carbocycles. The molecule has 2 aromatic carbocycles. The summed E-state index contributed by atoms with van der Waals surface area (Å²) in [5.41, 5.74) is -3.28. The molecule has 1 N–H and O–H groups in total. The van der Waals surface area contributed by atoms with Gasteiger partial charge in [0.2, 0.25) is 5.91 Å². The average Bonchev–Trinajstić information content (AvgIpc) is 2.81. The van der Waals surface area contributed by atoms with Gasteiger partial charge >= 0.3 is 12.4 Å². The van der Waals surface area contributed by atoms with Gasteiger partial charge in [-0.3, -0.25) is 9.59 Å². The van der Waals surface area contributed by atoms with Crippen LogP contribution in [-0.4, -0.2) is 28.7 Å². The second-order valence-electron chi connectivity index (χ2n) is 8.10. The Kier molecular flexibility index (Phi) is 6.46. The fourth-order valence-corrected chi connectivity index (χ4v) is 4.38. The van der Waals surface area contributed by atoms with Crippen LogP contribution in [0.25, 0.3) is 0 Å². The Balaban J connectivity index is 1.92. The molecule has 188 valence electrons. The van der Waals surface area contributed by atoms with Crippen LogP contribution < -0.4 is 5.32 Å². The standard InChI is InChI=1S/C24H16ClF6N3O2/c1-34-19(12-9-13(23(26,27)28)11-14(10-12)24(29,30)31)18(15-5-2-3-6-16(15)22(34)36)21(35)33-17-7-4-8-32-20(17)25/h2-11,18-19H,1H3,(H,33,35). The summed E-state index contributed by atoms with van der Waals surface area (Å²) < 4.78 is 81.3. The summed E-state index contributed by atoms with van der Waals surface area (Å²) in [6.07, 6.45) is -8.84. The van der Waals surface area contributed by atoms with Gasteiger partial charge in [-0.15, -0.1) is 0 Å². The molecule has 0 saturated heterocycles. The largest absolute Gasteiger partial charge is 0.416 e. The lowest BCUT2D eigenvalue weighted by Crippen LogP contribution is -2.44. The van der Waals surface area contributed by atoms with Crippen LogP contribution in [0, 0.1) is 0 Å². The van der Waals surface area contributed by atoms with E-state index < -0.39 is 52.8 Å². The Hall–Kier alpha value is -3.60. The van der Waals surface area contributed by atoms with Gasteiger partial charge in [0, 0.05) is 18.8 Å². The van der Waals surface area contributed by atoms with Crippen LogP contribution in [0.5, 0.6) is 0 Å². The summed E-state index contributed by atoms with van der Waals surface area (Å²) in [5.74, 6) is -2.83. The average molecular weight is 528 g/mol. The minimum atomic E-state index is -5.11. The van der Waals surface area contributed by atoms with Crippen molar-refractivity contribution in [2.45, 2.75) is 24.3 Å². The maximum atomic E-state index is 13.6. The number of hydrogen-bond acceptors (Lipinski definition) is 3. The molecule has 0 bridgehead atoms. The van der Waals surface area contributed by atoms with Crippen LogP contribution in [0.3, 0.4) is 0 Å². The Morgan fingerprint density at radius 1 is 0.972 bits per heavy atom. The molecule has 2 amide bonds. The SMILES string of the molecule is CN1C(=O)c2ccccc2C(C(=O)Nc2cccnc2Cl)C1c1cc(C(F)(F)F)cc(C(F)(F)F)c1. The van der Waals surface area contributed by atoms with Crippen LogP contribution >= 0.6 is 11.6 Å². The number of halogens is 7. The molecular weight excluding hydrogens is 512 g/mol. The van der Waals surface area contributed by atoms with Crippen LogP contribution in [0.2, 0.25) is 5.15 Å². The van der Waals surface area contributed by atoms with Crippen LogP contribution in [0.4, 0.5) is 32.0 Å². The van der Waals surface area contributed by atoms with Gasteiger partial charge in [0.25, 0.3) is 5.91 Å². The van der Waals surface area contributed by atoms with Crippen molar-refractivity contribution in [3.05, 3.63) is 93.8 Å². The number of hydrogen-bond donors (Lipinski definition) is 1. The number of likely N-dealkylation sites (N-methyl/N-ethyl adjacent to an activating group) is 1. The van der Waals surface area contributed by atoms with Gasteiger partial charge < -0.3 is 10.2 Å². The van der Waals surface area contributed by atoms with Crippen LogP contribution in [0.1, 0.15) is 44.6 Å². The van der Waals surface area contributed by atoms with E-state index in [2.05, 4.69) is 10.3 Å². The van der Waals surface area contributed by atoms with E-state index in [-0.39, 0.29) is 28.0 Å². The van der Waals surface area contributed by atoms with E-state index >= 15 is 0 Å². The number of pyridine rings is 1. The molecule has 2 unspecified atom stereocenters. The lowest BCUT2D eigenvalue weighted by molar-refractivity contribution is -0.143. The van der Waals surface area contributed by atoms with Crippen LogP contribution in [0.15, 0.2) is 60.8 Å². The molecule has 36 heavy (non-hydrogen) atoms. The molecule has 0 spiro atoms. The molecule has 0 aliphatic carbocycles. The smallest absolute Gasteiger partial charge is 0.334 e. The zero-order valence-electron chi connectivity index (χ0n) is 18.3. The molecule has 4 rings (SSSR count). The maximum absolute atomic E-state index is 13.6. The number of carbonyl (C=O) groups is 2. The molecule has 3 aromatic rings. The number of benzene rings is 2. The molecule has 2 atom stereocenters. The third-order valence-electron chi connectivity index (χ3n) is 5.83. The second kappa shape index (κ2) is 9.12. The highest BCUT2D eigenvalue weighted by atomic mass is 35.5. The molecule has 1 aliphatic rings. The van der Waals surface area contributed by atoms with Gasteiger partial charge in [-0.25, -0.2) is 4.98 Å². The van der Waals surface area contributed by atoms with Crippen LogP contribution in [-0.2, 0) is 17.1 Å². The van der Waals surface area contributed by atoms with E-state index in [1.54, 1.807) is 0 Å². The first-order valence-corrected chi connectivity index (χ1v) is 10.7. The monoisotopic (exact) mass is 527 g/mol. The van der Waals surface area contributed by atoms with Gasteiger partial charge in [-0.05, 0) is 47.5 Å². The van der Waals surface area contributed by atoms with E-state index in [0.717, 1.165) is 4.90 Å². The molecule has 2 heterocycles. The number of amides is 2. The summed E-state index contributed by atoms with van der Waals surface area (Å²) in [6.45, 7) is 0. The Labute approximate surface area is 205 Å². The molecule has 5 nitrogen and oxygen atoms in total. The number of anilines is 1. The highest BCUT2D eigenvalue weighted by Crippen LogP contribution is 2.45. The lowest BCUT2D eigenvalue weighted by Gasteiger charge is -2.40. The fourth-order valence-electron chi connectivity index (χ4n) is 4.21. The molecule has 12 heteroatoms. The summed E-state index contributed by atoms with van der Waals surface area (Å²) in [4.78, 5) is 31.4. The zero-order valence-corrected chi connectivity index (χ0v) is 19.0. The van der Waals surface area contributed by atoms with E-state index in [0.29, 0.717) is 12.1 Å². The van der Waals surface area contributed by atoms with Crippen molar-refractivity contribution in [1.82, 2.24) is 9.88 Å². The number of aromatic nitrogens is 1. The van der Waals surface area contributed by atoms with Crippen molar-refractivity contribution >= 4 is 29.1 Å². The van der Waals surface area contributed by atoms with Gasteiger partial charge in [-0.2, -0.15) is 26.3 Å². The van der Waals surface area contributed by atoms with E-state index in [4.69, 9.17) is 11.6 Å². The zero-order chi connectivity index (χ0) is 26.4. The third-order valence-corrected chi connectivity index (χ3v) is 6.13. The number of rotatable bonds is 3. The Morgan fingerprint density at radius 3 is 2.17 bits per heavy atom. The summed E-state index contributed by atoms with van der Waals surface area (Å²) in [5, 5.41) is 2.46. The van der Waals surface area contributed by atoms with Crippen molar-refractivity contribution < 1.29 is 35.9 Å². The predicted molar refractivity (Wildman–Crippen MR) is 118 cm³/mol. The molecular formula is C24H16ClF6N3O2. The van der Waals surface area contributed by atoms with Gasteiger partial charge in [0.15, 0.2) is 5.15 Å². The van der Waals surface area contributed by atoms with E-state index in [9.17, 15) is 35.9 Å². The Bertz CT molecular complexity index is 1310. The molecule has 0 fully saturated rings. The second-order valence-corrected chi connectivity index (χ2v) is 8.45. The quantitative estimate of drug-likeness (QED) is 0.320. The fraction of sp³-hybridized carbons (Fsp3) is 0.208. The van der Waals surface area contributed by atoms with Crippen molar-refractivity contribution in [2.24, 2.45) is 0 Å². The highest BCUT2D eigenvalue weighted by molar-refractivity contribution is 6.32. The van der Waals surface area contributed by atoms with Gasteiger partial charge in [0.05, 0.1) is 28.8 Å². The summed E-state index contributed by atoms with van der Waals surface area (Å²) >= 11 is 6.01. The summed E-state index contributed by atoms with van der Waals surface area (Å²) in [6, 6.07) is 8.35. The Morgan fingerprint density at radius 2 is 1.58 bits per heavy atom. The van der Waals surface area contributed by atoms with Crippen molar-refractivity contribution in [3.63, 3.8) is 0 Å².